The van der Waals surface area contributed by atoms with E-state index in [1.54, 1.807) is 13.8 Å². The van der Waals surface area contributed by atoms with Gasteiger partial charge in [-0.3, -0.25) is 14.4 Å². The van der Waals surface area contributed by atoms with E-state index in [1.807, 2.05) is 30.3 Å². The average Bonchev–Trinajstić information content (AvgIpc) is 3.04. The summed E-state index contributed by atoms with van der Waals surface area (Å²) in [5.74, 6) is -5.10. The second kappa shape index (κ2) is 17.4. The Morgan fingerprint density at radius 1 is 1.09 bits per heavy atom. The maximum atomic E-state index is 13.2. The van der Waals surface area contributed by atoms with Gasteiger partial charge in [0, 0.05) is 12.3 Å². The van der Waals surface area contributed by atoms with E-state index in [9.17, 15) is 24.3 Å². The Morgan fingerprint density at radius 3 is 2.34 bits per heavy atom. The highest BCUT2D eigenvalue weighted by atomic mass is 16.6. The normalized spacial score (nSPS) is 19.1. The topological polar surface area (TPSA) is 150 Å². The molecule has 230 valence electrons. The van der Waals surface area contributed by atoms with E-state index in [-0.39, 0.29) is 12.2 Å². The van der Waals surface area contributed by atoms with Gasteiger partial charge in [-0.2, -0.15) is 0 Å². The van der Waals surface area contributed by atoms with Crippen LogP contribution in [0.4, 0.5) is 0 Å². The molecule has 0 bridgehead atoms. The number of aromatic nitrogens is 1. The Bertz CT molecular complexity index is 1500. The molecule has 2 N–H and O–H groups in total. The van der Waals surface area contributed by atoms with E-state index < -0.39 is 72.0 Å². The van der Waals surface area contributed by atoms with Gasteiger partial charge in [0.1, 0.15) is 18.6 Å². The van der Waals surface area contributed by atoms with Gasteiger partial charge in [-0.15, -0.1) is 0 Å². The smallest absolute Gasteiger partial charge is 0.332 e. The maximum Gasteiger partial charge on any atom is 0.332 e. The molecular formula is C33H34N2O9. The molecule has 4 atom stereocenters. The molecule has 1 aliphatic heterocycles. The van der Waals surface area contributed by atoms with Crippen molar-refractivity contribution in [1.29, 1.82) is 0 Å². The molecule has 1 fully saturated rings. The molecule has 1 aromatic heterocycles. The van der Waals surface area contributed by atoms with Gasteiger partial charge in [-0.05, 0) is 49.3 Å². The Kier molecular flexibility index (Phi) is 13.8. The SMILES string of the molecule is C=[13C]=[13C]=[13C]=[13C]=[13C]=[13CH2].COc1ccnc(C(=O)N[C@H]2COC(=O)[C@H](Cc3ccccc3)[C@@H](OC(=O)C(C)C)[C@H](C)OC2=O)c1O. The minimum Gasteiger partial charge on any atom is -0.503 e. The van der Waals surface area contributed by atoms with Crippen molar-refractivity contribution in [2.24, 2.45) is 11.8 Å². The lowest BCUT2D eigenvalue weighted by molar-refractivity contribution is -0.176. The van der Waals surface area contributed by atoms with Crippen LogP contribution in [0.5, 0.6) is 11.5 Å². The molecule has 0 unspecified atom stereocenters. The van der Waals surface area contributed by atoms with Gasteiger partial charge >= 0.3 is 17.9 Å². The maximum absolute atomic E-state index is 13.2. The number of hydrogen-bond donors (Lipinski definition) is 2. The molecule has 0 aliphatic carbocycles. The van der Waals surface area contributed by atoms with Gasteiger partial charge in [-0.25, -0.2) is 9.78 Å². The number of carbonyl (C=O) groups excluding carboxylic acids is 4. The van der Waals surface area contributed by atoms with Gasteiger partial charge in [0.05, 0.1) is 13.0 Å². The van der Waals surface area contributed by atoms with Crippen molar-refractivity contribution in [2.75, 3.05) is 13.7 Å². The Labute approximate surface area is 255 Å². The summed E-state index contributed by atoms with van der Waals surface area (Å²) in [4.78, 5) is 55.3. The molecule has 0 radical (unpaired) electrons. The van der Waals surface area contributed by atoms with Gasteiger partial charge in [0.15, 0.2) is 29.3 Å². The number of hydrogen-bond acceptors (Lipinski definition) is 10. The molecule has 1 saturated heterocycles. The third kappa shape index (κ3) is 10.1. The quantitative estimate of drug-likeness (QED) is 0.207. The number of pyridine rings is 1. The number of methoxy groups -OCH3 is 1. The zero-order chi connectivity index (χ0) is 32.6. The summed E-state index contributed by atoms with van der Waals surface area (Å²) in [6, 6.07) is 9.01. The van der Waals surface area contributed by atoms with E-state index in [4.69, 9.17) is 18.9 Å². The summed E-state index contributed by atoms with van der Waals surface area (Å²) < 4.78 is 21.5. The fourth-order valence-electron chi connectivity index (χ4n) is 3.86. The van der Waals surface area contributed by atoms with Crippen LogP contribution in [0.1, 0.15) is 36.8 Å². The van der Waals surface area contributed by atoms with E-state index >= 15 is 0 Å². The number of benzene rings is 1. The summed E-state index contributed by atoms with van der Waals surface area (Å²) in [6.45, 7) is 10.7. The zero-order valence-electron chi connectivity index (χ0n) is 24.9. The first-order valence-electron chi connectivity index (χ1n) is 13.5. The number of nitrogens with one attached hydrogen (secondary N) is 1. The zero-order valence-corrected chi connectivity index (χ0v) is 24.9. The number of aromatic hydroxyl groups is 1. The van der Waals surface area contributed by atoms with Crippen LogP contribution in [0, 0.1) is 11.8 Å². The van der Waals surface area contributed by atoms with Crippen molar-refractivity contribution in [1.82, 2.24) is 10.3 Å². The minimum atomic E-state index is -1.41. The van der Waals surface area contributed by atoms with E-state index in [2.05, 4.69) is 52.1 Å². The number of amides is 1. The van der Waals surface area contributed by atoms with Gasteiger partial charge in [0.25, 0.3) is 5.91 Å². The fourth-order valence-corrected chi connectivity index (χ4v) is 3.86. The highest BCUT2D eigenvalue weighted by Gasteiger charge is 2.42. The number of carbonyl (C=O) groups is 4. The summed E-state index contributed by atoms with van der Waals surface area (Å²) in [5, 5.41) is 12.6. The second-order valence-electron chi connectivity index (χ2n) is 9.59. The molecule has 2 aromatic rings. The van der Waals surface area contributed by atoms with Gasteiger partial charge in [0.2, 0.25) is 0 Å². The summed E-state index contributed by atoms with van der Waals surface area (Å²) in [5.41, 5.74) is 12.4. The summed E-state index contributed by atoms with van der Waals surface area (Å²) in [7, 11) is 1.31. The van der Waals surface area contributed by atoms with E-state index in [0.717, 1.165) is 5.56 Å². The molecule has 0 spiro atoms. The van der Waals surface area contributed by atoms with Gasteiger partial charge in [-0.1, -0.05) is 55.6 Å². The third-order valence-corrected chi connectivity index (χ3v) is 6.09. The Balaban J connectivity index is 0.000000860. The number of ether oxygens (including phenoxy) is 4. The number of rotatable bonds is 7. The van der Waals surface area contributed by atoms with Crippen LogP contribution in [0.3, 0.4) is 0 Å². The highest BCUT2D eigenvalue weighted by Crippen LogP contribution is 2.28. The molecular weight excluding hydrogens is 574 g/mol. The minimum absolute atomic E-state index is 0.0100. The standard InChI is InChI=1S/C26H30N2O9.C7H4/c1-14(2)24(31)37-22-15(3)36-26(33)18(28-23(30)20-21(29)19(34-4)10-11-27-20)13-35-25(32)17(22)12-16-8-6-5-7-9-16;1-3-5-7-6-4-2/h5-11,14-15,17-18,22,29H,12-13H2,1-4H3,(H,28,30);1-2H2/t15-,17+,18-,22-;/m0./s1/i;1+1,3+1,4+1,5+1,6+1,7+1. The Morgan fingerprint density at radius 2 is 1.75 bits per heavy atom. The highest BCUT2D eigenvalue weighted by molar-refractivity contribution is 5.98. The summed E-state index contributed by atoms with van der Waals surface area (Å²) >= 11 is 0. The molecule has 11 nitrogen and oxygen atoms in total. The van der Waals surface area contributed by atoms with Crippen molar-refractivity contribution < 1.29 is 43.2 Å². The van der Waals surface area contributed by atoms with Crippen LogP contribution < -0.4 is 10.1 Å². The predicted octanol–water partition coefficient (Wildman–Crippen LogP) is 3.39. The van der Waals surface area contributed by atoms with Crippen molar-refractivity contribution in [3.63, 3.8) is 0 Å². The van der Waals surface area contributed by atoms with E-state index in [0.29, 0.717) is 0 Å². The lowest BCUT2D eigenvalue weighted by Gasteiger charge is -2.29. The first kappa shape index (κ1) is 34.7. The molecule has 1 aromatic carbocycles. The van der Waals surface area contributed by atoms with Crippen molar-refractivity contribution in [3.8, 4) is 11.5 Å². The van der Waals surface area contributed by atoms with Crippen LogP contribution in [0.15, 0.2) is 84.4 Å². The van der Waals surface area contributed by atoms with Crippen LogP contribution in [-0.4, -0.2) is 65.9 Å². The molecule has 1 aliphatic rings. The Hall–Kier alpha value is -5.51. The van der Waals surface area contributed by atoms with Crippen molar-refractivity contribution in [2.45, 2.75) is 45.4 Å². The second-order valence-corrected chi connectivity index (χ2v) is 9.59. The monoisotopic (exact) mass is 608 g/mol. The predicted molar refractivity (Wildman–Crippen MR) is 157 cm³/mol. The number of nitrogens with zero attached hydrogens (tertiary/aromatic N) is 1. The van der Waals surface area contributed by atoms with Crippen molar-refractivity contribution >= 4 is 23.8 Å². The van der Waals surface area contributed by atoms with Crippen LogP contribution in [-0.2, 0) is 35.0 Å². The lowest BCUT2D eigenvalue weighted by Crippen LogP contribution is -2.47. The molecule has 0 saturated carbocycles. The number of cyclic esters (lactones) is 2. The van der Waals surface area contributed by atoms with Gasteiger partial charge < -0.3 is 29.4 Å². The van der Waals surface area contributed by atoms with E-state index in [1.165, 1.54) is 26.3 Å². The van der Waals surface area contributed by atoms with Crippen LogP contribution in [0.25, 0.3) is 0 Å². The number of esters is 3. The van der Waals surface area contributed by atoms with Crippen molar-refractivity contribution in [3.05, 3.63) is 95.7 Å². The first-order chi connectivity index (χ1) is 21.0. The molecule has 2 heterocycles. The largest absolute Gasteiger partial charge is 0.503 e. The van der Waals surface area contributed by atoms with Crippen LogP contribution >= 0.6 is 0 Å². The first-order valence-corrected chi connectivity index (χ1v) is 13.5. The lowest BCUT2D eigenvalue weighted by atomic mass is 9.91. The van der Waals surface area contributed by atoms with Crippen LogP contribution in [0.2, 0.25) is 0 Å². The summed E-state index contributed by atoms with van der Waals surface area (Å²) in [6.07, 6.45) is -0.766. The fraction of sp³-hybridized carbons (Fsp3) is 0.333. The molecule has 11 heteroatoms. The molecule has 44 heavy (non-hydrogen) atoms. The molecule has 3 rings (SSSR count). The average molecular weight is 609 g/mol. The molecule has 1 amide bonds. The third-order valence-electron chi connectivity index (χ3n) is 6.09.